The summed E-state index contributed by atoms with van der Waals surface area (Å²) < 4.78 is 15.9. The standard InChI is InChI=1S/C22H28O4/c1-3-12-25-15-20-10-6-4-8-18(20)13-22(23)14-19-9-5-7-11-21(19)16-26-17-24-2/h3-11,22-23H,1,12-17H2,2H3. The molecule has 0 amide bonds. The number of hydrogen-bond acceptors (Lipinski definition) is 4. The molecule has 4 heteroatoms. The smallest absolute Gasteiger partial charge is 0.146 e. The molecule has 0 saturated heterocycles. The Bertz CT molecular complexity index is 669. The monoisotopic (exact) mass is 356 g/mol. The molecule has 4 nitrogen and oxygen atoms in total. The van der Waals surface area contributed by atoms with Gasteiger partial charge in [-0.25, -0.2) is 0 Å². The largest absolute Gasteiger partial charge is 0.392 e. The Balaban J connectivity index is 1.99. The Kier molecular flexibility index (Phi) is 9.07. The molecule has 0 aliphatic carbocycles. The number of aliphatic hydroxyl groups is 1. The van der Waals surface area contributed by atoms with E-state index in [2.05, 4.69) is 6.58 Å². The van der Waals surface area contributed by atoms with E-state index >= 15 is 0 Å². The fraction of sp³-hybridized carbons (Fsp3) is 0.364. The molecule has 1 N–H and O–H groups in total. The van der Waals surface area contributed by atoms with Crippen LogP contribution in [0.1, 0.15) is 22.3 Å². The maximum Gasteiger partial charge on any atom is 0.146 e. The predicted molar refractivity (Wildman–Crippen MR) is 103 cm³/mol. The number of hydrogen-bond donors (Lipinski definition) is 1. The van der Waals surface area contributed by atoms with Crippen molar-refractivity contribution in [2.45, 2.75) is 32.2 Å². The van der Waals surface area contributed by atoms with Crippen LogP contribution in [0.3, 0.4) is 0 Å². The molecule has 0 saturated carbocycles. The third-order valence-corrected chi connectivity index (χ3v) is 4.10. The number of benzene rings is 2. The Hall–Kier alpha value is -1.98. The lowest BCUT2D eigenvalue weighted by Crippen LogP contribution is -2.16. The lowest BCUT2D eigenvalue weighted by molar-refractivity contribution is -0.0393. The molecule has 26 heavy (non-hydrogen) atoms. The van der Waals surface area contributed by atoms with E-state index < -0.39 is 6.10 Å². The van der Waals surface area contributed by atoms with Gasteiger partial charge in [-0.2, -0.15) is 0 Å². The Morgan fingerprint density at radius 2 is 1.38 bits per heavy atom. The van der Waals surface area contributed by atoms with Crippen molar-refractivity contribution in [1.29, 1.82) is 0 Å². The summed E-state index contributed by atoms with van der Waals surface area (Å²) in [6.45, 7) is 5.44. The molecule has 0 spiro atoms. The maximum absolute atomic E-state index is 10.6. The van der Waals surface area contributed by atoms with Crippen molar-refractivity contribution in [2.75, 3.05) is 20.5 Å². The summed E-state index contributed by atoms with van der Waals surface area (Å²) in [6.07, 6.45) is 2.43. The summed E-state index contributed by atoms with van der Waals surface area (Å²) in [5.41, 5.74) is 4.38. The third-order valence-electron chi connectivity index (χ3n) is 4.10. The highest BCUT2D eigenvalue weighted by atomic mass is 16.7. The molecule has 0 aromatic heterocycles. The van der Waals surface area contributed by atoms with Gasteiger partial charge in [-0.05, 0) is 35.1 Å². The van der Waals surface area contributed by atoms with Crippen molar-refractivity contribution in [3.8, 4) is 0 Å². The van der Waals surface area contributed by atoms with Crippen LogP contribution in [0.15, 0.2) is 61.2 Å². The van der Waals surface area contributed by atoms with E-state index in [0.717, 1.165) is 22.3 Å². The van der Waals surface area contributed by atoms with Gasteiger partial charge in [0.15, 0.2) is 0 Å². The fourth-order valence-electron chi connectivity index (χ4n) is 2.86. The molecule has 0 bridgehead atoms. The van der Waals surface area contributed by atoms with Crippen LogP contribution in [0.5, 0.6) is 0 Å². The van der Waals surface area contributed by atoms with Crippen LogP contribution in [0.2, 0.25) is 0 Å². The lowest BCUT2D eigenvalue weighted by atomic mass is 9.96. The Labute approximate surface area is 156 Å². The van der Waals surface area contributed by atoms with E-state index in [0.29, 0.717) is 32.7 Å². The highest BCUT2D eigenvalue weighted by Gasteiger charge is 2.12. The molecule has 0 heterocycles. The average Bonchev–Trinajstić information content (AvgIpc) is 2.65. The molecule has 140 valence electrons. The molecule has 0 radical (unpaired) electrons. The van der Waals surface area contributed by atoms with Gasteiger partial charge in [0.1, 0.15) is 6.79 Å². The second kappa shape index (κ2) is 11.6. The van der Waals surface area contributed by atoms with Crippen molar-refractivity contribution < 1.29 is 19.3 Å². The number of rotatable bonds is 12. The van der Waals surface area contributed by atoms with Crippen LogP contribution in [0.25, 0.3) is 0 Å². The van der Waals surface area contributed by atoms with Crippen LogP contribution in [0, 0.1) is 0 Å². The van der Waals surface area contributed by atoms with Crippen LogP contribution in [-0.2, 0) is 40.3 Å². The summed E-state index contributed by atoms with van der Waals surface area (Å²) in [6, 6.07) is 16.1. The zero-order valence-electron chi connectivity index (χ0n) is 15.4. The van der Waals surface area contributed by atoms with Gasteiger partial charge >= 0.3 is 0 Å². The van der Waals surface area contributed by atoms with Gasteiger partial charge in [-0.15, -0.1) is 6.58 Å². The fourth-order valence-corrected chi connectivity index (χ4v) is 2.86. The second-order valence-corrected chi connectivity index (χ2v) is 6.16. The van der Waals surface area contributed by atoms with Gasteiger partial charge in [0, 0.05) is 7.11 Å². The minimum Gasteiger partial charge on any atom is -0.392 e. The minimum absolute atomic E-state index is 0.259. The minimum atomic E-state index is -0.473. The molecule has 0 aliphatic heterocycles. The van der Waals surface area contributed by atoms with E-state index in [1.807, 2.05) is 48.5 Å². The SMILES string of the molecule is C=CCOCc1ccccc1CC(O)Cc1ccccc1COCOC. The normalized spacial score (nSPS) is 12.1. The highest BCUT2D eigenvalue weighted by molar-refractivity contribution is 5.30. The van der Waals surface area contributed by atoms with Gasteiger partial charge in [-0.3, -0.25) is 0 Å². The van der Waals surface area contributed by atoms with Crippen LogP contribution >= 0.6 is 0 Å². The van der Waals surface area contributed by atoms with E-state index in [1.54, 1.807) is 13.2 Å². The maximum atomic E-state index is 10.6. The Morgan fingerprint density at radius 1 is 0.885 bits per heavy atom. The first-order valence-corrected chi connectivity index (χ1v) is 8.81. The van der Waals surface area contributed by atoms with E-state index in [1.165, 1.54) is 0 Å². The topological polar surface area (TPSA) is 47.9 Å². The third kappa shape index (κ3) is 6.73. The van der Waals surface area contributed by atoms with Crippen molar-refractivity contribution >= 4 is 0 Å². The first kappa shape index (κ1) is 20.3. The number of ether oxygens (including phenoxy) is 3. The van der Waals surface area contributed by atoms with Gasteiger partial charge in [0.2, 0.25) is 0 Å². The van der Waals surface area contributed by atoms with Crippen LogP contribution in [-0.4, -0.2) is 31.7 Å². The van der Waals surface area contributed by atoms with Gasteiger partial charge < -0.3 is 19.3 Å². The zero-order valence-corrected chi connectivity index (χ0v) is 15.4. The molecule has 2 rings (SSSR count). The zero-order chi connectivity index (χ0) is 18.6. The highest BCUT2D eigenvalue weighted by Crippen LogP contribution is 2.17. The van der Waals surface area contributed by atoms with E-state index in [9.17, 15) is 5.11 Å². The van der Waals surface area contributed by atoms with Crippen molar-refractivity contribution in [1.82, 2.24) is 0 Å². The van der Waals surface area contributed by atoms with Gasteiger partial charge in [0.25, 0.3) is 0 Å². The molecule has 1 unspecified atom stereocenters. The second-order valence-electron chi connectivity index (χ2n) is 6.16. The summed E-state index contributed by atoms with van der Waals surface area (Å²) in [5.74, 6) is 0. The first-order chi connectivity index (χ1) is 12.7. The molecular formula is C22H28O4. The van der Waals surface area contributed by atoms with E-state index in [4.69, 9.17) is 14.2 Å². The number of aliphatic hydroxyl groups excluding tert-OH is 1. The Morgan fingerprint density at radius 3 is 1.88 bits per heavy atom. The summed E-state index contributed by atoms with van der Waals surface area (Å²) in [5, 5.41) is 10.6. The van der Waals surface area contributed by atoms with Gasteiger partial charge in [0.05, 0.1) is 25.9 Å². The molecule has 0 fully saturated rings. The summed E-state index contributed by atoms with van der Waals surface area (Å²) in [7, 11) is 1.60. The molecular weight excluding hydrogens is 328 g/mol. The first-order valence-electron chi connectivity index (χ1n) is 8.81. The van der Waals surface area contributed by atoms with Crippen molar-refractivity contribution in [2.24, 2.45) is 0 Å². The van der Waals surface area contributed by atoms with Crippen molar-refractivity contribution in [3.05, 3.63) is 83.4 Å². The van der Waals surface area contributed by atoms with Crippen LogP contribution in [0.4, 0.5) is 0 Å². The van der Waals surface area contributed by atoms with Crippen molar-refractivity contribution in [3.63, 3.8) is 0 Å². The number of methoxy groups -OCH3 is 1. The molecule has 2 aromatic carbocycles. The molecule has 1 atom stereocenters. The lowest BCUT2D eigenvalue weighted by Gasteiger charge is -2.16. The summed E-state index contributed by atoms with van der Waals surface area (Å²) in [4.78, 5) is 0. The van der Waals surface area contributed by atoms with E-state index in [-0.39, 0.29) is 6.79 Å². The summed E-state index contributed by atoms with van der Waals surface area (Å²) >= 11 is 0. The average molecular weight is 356 g/mol. The molecule has 2 aromatic rings. The predicted octanol–water partition coefficient (Wildman–Crippen LogP) is 3.66. The van der Waals surface area contributed by atoms with Gasteiger partial charge in [-0.1, -0.05) is 54.6 Å². The quantitative estimate of drug-likeness (QED) is 0.358. The molecule has 0 aliphatic rings. The van der Waals surface area contributed by atoms with Crippen LogP contribution < -0.4 is 0 Å².